The molecule has 0 aliphatic rings. The lowest BCUT2D eigenvalue weighted by molar-refractivity contribution is 0.102. The molecule has 0 aliphatic carbocycles. The van der Waals surface area contributed by atoms with Crippen molar-refractivity contribution in [2.75, 3.05) is 5.32 Å². The molecule has 0 unspecified atom stereocenters. The molecule has 0 saturated heterocycles. The molecule has 23 heavy (non-hydrogen) atoms. The van der Waals surface area contributed by atoms with E-state index in [1.54, 1.807) is 28.9 Å². The minimum Gasteiger partial charge on any atom is -0.319 e. The molecule has 118 valence electrons. The number of carbonyl (C=O) groups excluding carboxylic acids is 1. The Balaban J connectivity index is 1.86. The van der Waals surface area contributed by atoms with Crippen LogP contribution in [0.2, 0.25) is 0 Å². The SMILES string of the molecule is CCCn1nnc2cc(C(=O)Nc3ccc(Br)cc3F)ccc21. The highest BCUT2D eigenvalue weighted by atomic mass is 79.9. The number of aromatic nitrogens is 3. The van der Waals surface area contributed by atoms with Crippen molar-refractivity contribution in [3.63, 3.8) is 0 Å². The predicted octanol–water partition coefficient (Wildman–Crippen LogP) is 4.00. The number of hydrogen-bond donors (Lipinski definition) is 1. The lowest BCUT2D eigenvalue weighted by Crippen LogP contribution is -2.13. The first-order valence-electron chi connectivity index (χ1n) is 7.18. The molecule has 1 aromatic heterocycles. The summed E-state index contributed by atoms with van der Waals surface area (Å²) in [5.74, 6) is -0.888. The van der Waals surface area contributed by atoms with E-state index in [0.29, 0.717) is 15.6 Å². The smallest absolute Gasteiger partial charge is 0.255 e. The second kappa shape index (κ2) is 6.45. The average Bonchev–Trinajstić information content (AvgIpc) is 2.93. The molecular weight excluding hydrogens is 363 g/mol. The molecule has 3 rings (SSSR count). The Morgan fingerprint density at radius 2 is 2.13 bits per heavy atom. The van der Waals surface area contributed by atoms with Crippen LogP contribution in [0, 0.1) is 5.82 Å². The summed E-state index contributed by atoms with van der Waals surface area (Å²) >= 11 is 3.18. The van der Waals surface area contributed by atoms with Crippen molar-refractivity contribution >= 4 is 38.6 Å². The maximum absolute atomic E-state index is 13.8. The number of hydrogen-bond acceptors (Lipinski definition) is 3. The molecule has 0 spiro atoms. The fraction of sp³-hybridized carbons (Fsp3) is 0.188. The second-order valence-electron chi connectivity index (χ2n) is 5.09. The molecule has 0 fully saturated rings. The zero-order valence-corrected chi connectivity index (χ0v) is 14.0. The van der Waals surface area contributed by atoms with Crippen molar-refractivity contribution < 1.29 is 9.18 Å². The molecule has 3 aromatic rings. The first-order valence-corrected chi connectivity index (χ1v) is 7.97. The molecule has 0 atom stereocenters. The zero-order valence-electron chi connectivity index (χ0n) is 12.4. The number of anilines is 1. The van der Waals surface area contributed by atoms with E-state index in [4.69, 9.17) is 0 Å². The van der Waals surface area contributed by atoms with Crippen LogP contribution >= 0.6 is 15.9 Å². The van der Waals surface area contributed by atoms with Gasteiger partial charge >= 0.3 is 0 Å². The third kappa shape index (κ3) is 3.24. The molecule has 2 aromatic carbocycles. The fourth-order valence-corrected chi connectivity index (χ4v) is 2.61. The third-order valence-corrected chi connectivity index (χ3v) is 3.88. The third-order valence-electron chi connectivity index (χ3n) is 3.39. The van der Waals surface area contributed by atoms with Gasteiger partial charge in [0.15, 0.2) is 0 Å². The maximum atomic E-state index is 13.8. The van der Waals surface area contributed by atoms with Crippen LogP contribution in [0.15, 0.2) is 40.9 Å². The lowest BCUT2D eigenvalue weighted by atomic mass is 10.1. The first kappa shape index (κ1) is 15.6. The highest BCUT2D eigenvalue weighted by molar-refractivity contribution is 9.10. The van der Waals surface area contributed by atoms with E-state index in [0.717, 1.165) is 18.5 Å². The topological polar surface area (TPSA) is 59.8 Å². The predicted molar refractivity (Wildman–Crippen MR) is 89.9 cm³/mol. The summed E-state index contributed by atoms with van der Waals surface area (Å²) in [6.45, 7) is 2.83. The molecule has 0 aliphatic heterocycles. The zero-order chi connectivity index (χ0) is 16.4. The summed E-state index contributed by atoms with van der Waals surface area (Å²) < 4.78 is 16.2. The molecule has 1 amide bonds. The number of amides is 1. The number of halogens is 2. The second-order valence-corrected chi connectivity index (χ2v) is 6.01. The van der Waals surface area contributed by atoms with Crippen LogP contribution in [0.5, 0.6) is 0 Å². The Morgan fingerprint density at radius 3 is 2.87 bits per heavy atom. The Kier molecular flexibility index (Phi) is 4.38. The lowest BCUT2D eigenvalue weighted by Gasteiger charge is -2.07. The van der Waals surface area contributed by atoms with Gasteiger partial charge in [-0.25, -0.2) is 9.07 Å². The van der Waals surface area contributed by atoms with Crippen LogP contribution in [-0.2, 0) is 6.54 Å². The Bertz CT molecular complexity index is 878. The van der Waals surface area contributed by atoms with Crippen LogP contribution in [0.3, 0.4) is 0 Å². The summed E-state index contributed by atoms with van der Waals surface area (Å²) in [6.07, 6.45) is 0.948. The van der Waals surface area contributed by atoms with E-state index in [9.17, 15) is 9.18 Å². The van der Waals surface area contributed by atoms with Gasteiger partial charge in [-0.05, 0) is 42.8 Å². The quantitative estimate of drug-likeness (QED) is 0.748. The van der Waals surface area contributed by atoms with E-state index in [1.807, 2.05) is 0 Å². The molecule has 5 nitrogen and oxygen atoms in total. The summed E-state index contributed by atoms with van der Waals surface area (Å²) in [5, 5.41) is 10.7. The molecule has 0 bridgehead atoms. The van der Waals surface area contributed by atoms with Crippen LogP contribution in [0.4, 0.5) is 10.1 Å². The molecule has 1 N–H and O–H groups in total. The Hall–Kier alpha value is -2.28. The normalized spacial score (nSPS) is 10.9. The van der Waals surface area contributed by atoms with Crippen LogP contribution in [0.25, 0.3) is 11.0 Å². The van der Waals surface area contributed by atoms with Gasteiger partial charge in [-0.15, -0.1) is 5.10 Å². The number of benzene rings is 2. The van der Waals surface area contributed by atoms with Gasteiger partial charge in [0, 0.05) is 16.6 Å². The highest BCUT2D eigenvalue weighted by Gasteiger charge is 2.12. The number of nitrogens with one attached hydrogen (secondary N) is 1. The molecule has 0 saturated carbocycles. The van der Waals surface area contributed by atoms with Gasteiger partial charge in [-0.1, -0.05) is 28.1 Å². The summed E-state index contributed by atoms with van der Waals surface area (Å²) in [4.78, 5) is 12.3. The van der Waals surface area contributed by atoms with Gasteiger partial charge in [-0.3, -0.25) is 4.79 Å². The molecule has 1 heterocycles. The van der Waals surface area contributed by atoms with Crippen LogP contribution < -0.4 is 5.32 Å². The van der Waals surface area contributed by atoms with E-state index in [2.05, 4.69) is 38.5 Å². The molecule has 7 heteroatoms. The van der Waals surface area contributed by atoms with E-state index in [-0.39, 0.29) is 5.69 Å². The molecular formula is C16H14BrFN4O. The first-order chi connectivity index (χ1) is 11.1. The highest BCUT2D eigenvalue weighted by Crippen LogP contribution is 2.21. The average molecular weight is 377 g/mol. The van der Waals surface area contributed by atoms with Gasteiger partial charge in [0.25, 0.3) is 5.91 Å². The summed E-state index contributed by atoms with van der Waals surface area (Å²) in [6, 6.07) is 9.61. The standard InChI is InChI=1S/C16H14BrFN4O/c1-2-7-22-15-6-3-10(8-14(15)20-21-22)16(23)19-13-5-4-11(17)9-12(13)18/h3-6,8-9H,2,7H2,1H3,(H,19,23). The minimum atomic E-state index is -0.498. The van der Waals surface area contributed by atoms with Gasteiger partial charge in [-0.2, -0.15) is 0 Å². The van der Waals surface area contributed by atoms with Crippen molar-refractivity contribution in [2.24, 2.45) is 0 Å². The maximum Gasteiger partial charge on any atom is 0.255 e. The fourth-order valence-electron chi connectivity index (χ4n) is 2.28. The monoisotopic (exact) mass is 376 g/mol. The minimum absolute atomic E-state index is 0.132. The van der Waals surface area contributed by atoms with E-state index < -0.39 is 11.7 Å². The summed E-state index contributed by atoms with van der Waals surface area (Å²) in [5.41, 5.74) is 2.05. The van der Waals surface area contributed by atoms with Crippen LogP contribution in [-0.4, -0.2) is 20.9 Å². The molecule has 0 radical (unpaired) electrons. The largest absolute Gasteiger partial charge is 0.319 e. The number of fused-ring (bicyclic) bond motifs is 1. The Labute approximate surface area is 140 Å². The van der Waals surface area contributed by atoms with Gasteiger partial charge in [0.05, 0.1) is 11.2 Å². The summed E-state index contributed by atoms with van der Waals surface area (Å²) in [7, 11) is 0. The van der Waals surface area contributed by atoms with Crippen molar-refractivity contribution in [2.45, 2.75) is 19.9 Å². The van der Waals surface area contributed by atoms with Crippen molar-refractivity contribution in [1.29, 1.82) is 0 Å². The Morgan fingerprint density at radius 1 is 1.30 bits per heavy atom. The van der Waals surface area contributed by atoms with Gasteiger partial charge in [0.2, 0.25) is 0 Å². The number of carbonyl (C=O) groups is 1. The van der Waals surface area contributed by atoms with Crippen molar-refractivity contribution in [3.05, 3.63) is 52.3 Å². The van der Waals surface area contributed by atoms with Gasteiger partial charge in [0.1, 0.15) is 11.3 Å². The van der Waals surface area contributed by atoms with Crippen molar-refractivity contribution in [1.82, 2.24) is 15.0 Å². The van der Waals surface area contributed by atoms with E-state index >= 15 is 0 Å². The number of nitrogens with zero attached hydrogens (tertiary/aromatic N) is 3. The van der Waals surface area contributed by atoms with E-state index in [1.165, 1.54) is 12.1 Å². The number of rotatable bonds is 4. The van der Waals surface area contributed by atoms with Gasteiger partial charge < -0.3 is 5.32 Å². The van der Waals surface area contributed by atoms with Crippen molar-refractivity contribution in [3.8, 4) is 0 Å². The van der Waals surface area contributed by atoms with Crippen LogP contribution in [0.1, 0.15) is 23.7 Å². The number of aryl methyl sites for hydroxylation is 1.